The van der Waals surface area contributed by atoms with Crippen LogP contribution in [0.25, 0.3) is 0 Å². The van der Waals surface area contributed by atoms with Crippen molar-refractivity contribution in [3.8, 4) is 23.0 Å². The van der Waals surface area contributed by atoms with Crippen LogP contribution in [0.4, 0.5) is 0 Å². The van der Waals surface area contributed by atoms with Crippen molar-refractivity contribution in [2.24, 2.45) is 5.41 Å². The molecule has 0 saturated heterocycles. The molecule has 2 aromatic carbocycles. The number of Topliss-reactive ketones (excluding diaryl/α,β-unsaturated/α-hetero) is 1. The zero-order chi connectivity index (χ0) is 32.9. The molecule has 0 aliphatic carbocycles. The molecule has 2 aromatic rings. The zero-order valence-corrected chi connectivity index (χ0v) is 26.6. The van der Waals surface area contributed by atoms with Gasteiger partial charge < -0.3 is 24.8 Å². The Morgan fingerprint density at radius 2 is 1.51 bits per heavy atom. The number of benzene rings is 2. The monoisotopic (exact) mass is 614 g/mol. The van der Waals surface area contributed by atoms with Crippen molar-refractivity contribution in [2.45, 2.75) is 85.2 Å². The highest BCUT2D eigenvalue weighted by Crippen LogP contribution is 2.60. The molecule has 2 atom stereocenters. The van der Waals surface area contributed by atoms with Crippen molar-refractivity contribution in [3.05, 3.63) is 94.1 Å². The van der Waals surface area contributed by atoms with Gasteiger partial charge in [-0.3, -0.25) is 9.59 Å². The minimum absolute atomic E-state index is 0.0528. The molecule has 45 heavy (non-hydrogen) atoms. The molecule has 0 saturated carbocycles. The summed E-state index contributed by atoms with van der Waals surface area (Å²) < 4.78 is 12.1. The fourth-order valence-corrected chi connectivity index (χ4v) is 6.06. The Hall–Kier alpha value is -4.59. The second kappa shape index (κ2) is 13.6. The first-order chi connectivity index (χ1) is 21.3. The number of carbonyl (C=O) groups excluding carboxylic acids is 3. The molecule has 1 spiro atoms. The maximum absolute atomic E-state index is 14.3. The van der Waals surface area contributed by atoms with Crippen LogP contribution in [0.5, 0.6) is 23.0 Å². The molecule has 0 unspecified atom stereocenters. The summed E-state index contributed by atoms with van der Waals surface area (Å²) in [6.45, 7) is 10.0. The lowest BCUT2D eigenvalue weighted by Crippen LogP contribution is -2.56. The Bertz CT molecular complexity index is 1620. The van der Waals surface area contributed by atoms with Crippen LogP contribution in [0.2, 0.25) is 0 Å². The molecule has 8 nitrogen and oxygen atoms in total. The van der Waals surface area contributed by atoms with Crippen LogP contribution in [0.3, 0.4) is 0 Å². The van der Waals surface area contributed by atoms with Crippen LogP contribution in [-0.2, 0) is 19.9 Å². The van der Waals surface area contributed by atoms with Gasteiger partial charge >= 0.3 is 11.9 Å². The standard InChI is InChI=1S/C37H42O8/c1-23(2)9-6-11-25(5)12-8-18-36(22-32(41)29-19-27(38)14-16-31(29)40)35(43)44-33-17-15-28(39)20-30(33)37(36)21-26(34(42)45-37)13-7-10-24(3)4/h9-10,12,14-17,19-21,38-40H,6-8,11,13,18,22H2,1-5H3/b25-12+/t36-,37+/m0/s1. The average molecular weight is 615 g/mol. The predicted molar refractivity (Wildman–Crippen MR) is 171 cm³/mol. The van der Waals surface area contributed by atoms with E-state index in [2.05, 4.69) is 6.08 Å². The predicted octanol–water partition coefficient (Wildman–Crippen LogP) is 7.88. The van der Waals surface area contributed by atoms with E-state index in [1.54, 1.807) is 6.08 Å². The van der Waals surface area contributed by atoms with Crippen molar-refractivity contribution in [1.82, 2.24) is 0 Å². The van der Waals surface area contributed by atoms with Crippen LogP contribution < -0.4 is 4.74 Å². The Labute approximate surface area is 264 Å². The summed E-state index contributed by atoms with van der Waals surface area (Å²) in [4.78, 5) is 41.7. The molecule has 2 heterocycles. The Balaban J connectivity index is 1.88. The second-order valence-electron chi connectivity index (χ2n) is 12.5. The van der Waals surface area contributed by atoms with Gasteiger partial charge in [0.05, 0.1) is 5.56 Å². The molecule has 8 heteroatoms. The van der Waals surface area contributed by atoms with Crippen molar-refractivity contribution < 1.29 is 39.2 Å². The van der Waals surface area contributed by atoms with E-state index in [0.29, 0.717) is 24.8 Å². The highest BCUT2D eigenvalue weighted by molar-refractivity contribution is 6.03. The largest absolute Gasteiger partial charge is 0.508 e. The van der Waals surface area contributed by atoms with Gasteiger partial charge in [0, 0.05) is 17.6 Å². The summed E-state index contributed by atoms with van der Waals surface area (Å²) in [5.41, 5.74) is 0.284. The van der Waals surface area contributed by atoms with E-state index in [1.165, 1.54) is 35.9 Å². The number of aromatic hydroxyl groups is 3. The van der Waals surface area contributed by atoms with Crippen LogP contribution in [0.15, 0.2) is 83.0 Å². The number of ether oxygens (including phenoxy) is 2. The van der Waals surface area contributed by atoms with Crippen molar-refractivity contribution >= 4 is 17.7 Å². The Morgan fingerprint density at radius 1 is 0.844 bits per heavy atom. The number of carbonyl (C=O) groups is 3. The highest BCUT2D eigenvalue weighted by Gasteiger charge is 2.66. The number of phenolic OH excluding ortho intramolecular Hbond substituents is 3. The Kier molecular flexibility index (Phi) is 10.1. The summed E-state index contributed by atoms with van der Waals surface area (Å²) in [6, 6.07) is 7.80. The van der Waals surface area contributed by atoms with Crippen molar-refractivity contribution in [1.29, 1.82) is 0 Å². The summed E-state index contributed by atoms with van der Waals surface area (Å²) in [5.74, 6) is -2.63. The summed E-state index contributed by atoms with van der Waals surface area (Å²) in [7, 11) is 0. The van der Waals surface area contributed by atoms with Gasteiger partial charge in [0.2, 0.25) is 0 Å². The maximum atomic E-state index is 14.3. The third-order valence-corrected chi connectivity index (χ3v) is 8.43. The number of rotatable bonds is 12. The van der Waals surface area contributed by atoms with E-state index in [0.717, 1.165) is 30.1 Å². The van der Waals surface area contributed by atoms with Gasteiger partial charge in [0.25, 0.3) is 0 Å². The molecule has 238 valence electrons. The van der Waals surface area contributed by atoms with Gasteiger partial charge in [-0.25, -0.2) is 4.79 Å². The number of phenols is 3. The molecule has 4 rings (SSSR count). The lowest BCUT2D eigenvalue weighted by molar-refractivity contribution is -0.180. The Morgan fingerprint density at radius 3 is 2.22 bits per heavy atom. The number of hydrogen-bond donors (Lipinski definition) is 3. The van der Waals surface area contributed by atoms with Gasteiger partial charge in [-0.1, -0.05) is 34.9 Å². The first kappa shape index (κ1) is 33.3. The molecule has 2 aliphatic heterocycles. The van der Waals surface area contributed by atoms with Crippen molar-refractivity contribution in [3.63, 3.8) is 0 Å². The molecular weight excluding hydrogens is 572 g/mol. The number of ketones is 1. The SMILES string of the molecule is CC(C)=CCCC1=C[C@@]2(OC1=O)c1cc(O)ccc1OC(=O)[C@]2(CC/C=C(\C)CCC=C(C)C)CC(=O)c1cc(O)ccc1O. The quantitative estimate of drug-likeness (QED) is 0.0724. The van der Waals surface area contributed by atoms with Gasteiger partial charge in [0.15, 0.2) is 11.4 Å². The average Bonchev–Trinajstić information content (AvgIpc) is 3.30. The van der Waals surface area contributed by atoms with E-state index in [-0.39, 0.29) is 40.5 Å². The molecule has 0 radical (unpaired) electrons. The minimum atomic E-state index is -1.78. The number of fused-ring (bicyclic) bond motifs is 2. The molecule has 0 fully saturated rings. The summed E-state index contributed by atoms with van der Waals surface area (Å²) >= 11 is 0. The molecular formula is C37H42O8. The maximum Gasteiger partial charge on any atom is 0.335 e. The van der Waals surface area contributed by atoms with Gasteiger partial charge in [-0.2, -0.15) is 0 Å². The minimum Gasteiger partial charge on any atom is -0.508 e. The fraction of sp³-hybridized carbons (Fsp3) is 0.378. The summed E-state index contributed by atoms with van der Waals surface area (Å²) in [5, 5.41) is 31.2. The second-order valence-corrected chi connectivity index (χ2v) is 12.5. The number of allylic oxidation sites excluding steroid dienone is 6. The van der Waals surface area contributed by atoms with E-state index in [4.69, 9.17) is 9.47 Å². The van der Waals surface area contributed by atoms with E-state index in [9.17, 15) is 29.7 Å². The first-order valence-corrected chi connectivity index (χ1v) is 15.3. The van der Waals surface area contributed by atoms with E-state index >= 15 is 0 Å². The normalized spacial score (nSPS) is 20.6. The van der Waals surface area contributed by atoms with Gasteiger partial charge in [-0.15, -0.1) is 0 Å². The smallest absolute Gasteiger partial charge is 0.335 e. The van der Waals surface area contributed by atoms with Crippen LogP contribution in [-0.4, -0.2) is 33.0 Å². The number of hydrogen-bond acceptors (Lipinski definition) is 8. The van der Waals surface area contributed by atoms with E-state index < -0.39 is 35.2 Å². The van der Waals surface area contributed by atoms with Crippen LogP contribution in [0.1, 0.15) is 95.5 Å². The molecule has 3 N–H and O–H groups in total. The van der Waals surface area contributed by atoms with E-state index in [1.807, 2.05) is 46.8 Å². The molecule has 2 aliphatic rings. The fourth-order valence-electron chi connectivity index (χ4n) is 6.06. The molecule has 0 amide bonds. The summed E-state index contributed by atoms with van der Waals surface area (Å²) in [6.07, 6.45) is 10.2. The molecule has 0 aromatic heterocycles. The van der Waals surface area contributed by atoms with Crippen LogP contribution in [0, 0.1) is 5.41 Å². The first-order valence-electron chi connectivity index (χ1n) is 15.3. The third-order valence-electron chi connectivity index (χ3n) is 8.43. The van der Waals surface area contributed by atoms with Crippen LogP contribution >= 0.6 is 0 Å². The topological polar surface area (TPSA) is 130 Å². The third kappa shape index (κ3) is 7.06. The van der Waals surface area contributed by atoms with Gasteiger partial charge in [0.1, 0.15) is 28.4 Å². The lowest BCUT2D eigenvalue weighted by Gasteiger charge is -2.47. The highest BCUT2D eigenvalue weighted by atomic mass is 16.6. The van der Waals surface area contributed by atoms with Crippen molar-refractivity contribution in [2.75, 3.05) is 0 Å². The zero-order valence-electron chi connectivity index (χ0n) is 26.6. The number of esters is 2. The van der Waals surface area contributed by atoms with Gasteiger partial charge in [-0.05, 0) is 116 Å². The molecule has 0 bridgehead atoms. The lowest BCUT2D eigenvalue weighted by atomic mass is 9.61.